The van der Waals surface area contributed by atoms with Gasteiger partial charge in [0.05, 0.1) is 52.9 Å². The molecule has 0 aromatic carbocycles. The molecule has 1 rings (SSSR count). The summed E-state index contributed by atoms with van der Waals surface area (Å²) in [4.78, 5) is 0. The van der Waals surface area contributed by atoms with Crippen LogP contribution in [-0.4, -0.2) is 66.1 Å². The molecule has 5 nitrogen and oxygen atoms in total. The van der Waals surface area contributed by atoms with E-state index in [0.29, 0.717) is 64.7 Å². The van der Waals surface area contributed by atoms with Crippen molar-refractivity contribution in [1.29, 1.82) is 0 Å². The van der Waals surface area contributed by atoms with Crippen molar-refractivity contribution in [2.24, 2.45) is 11.8 Å². The molecule has 1 saturated heterocycles. The van der Waals surface area contributed by atoms with Crippen molar-refractivity contribution >= 4 is 0 Å². The summed E-state index contributed by atoms with van der Waals surface area (Å²) in [6.07, 6.45) is 0. The Morgan fingerprint density at radius 3 is 1.05 bits per heavy atom. The number of rotatable bonds is 0. The Morgan fingerprint density at radius 2 is 0.737 bits per heavy atom. The van der Waals surface area contributed by atoms with E-state index < -0.39 is 0 Å². The largest absolute Gasteiger partial charge is 0.379 e. The van der Waals surface area contributed by atoms with Crippen molar-refractivity contribution in [3.63, 3.8) is 0 Å². The van der Waals surface area contributed by atoms with Crippen molar-refractivity contribution in [2.45, 2.75) is 13.8 Å². The summed E-state index contributed by atoms with van der Waals surface area (Å²) < 4.78 is 27.4. The summed E-state index contributed by atoms with van der Waals surface area (Å²) in [5, 5.41) is 0. The maximum absolute atomic E-state index is 5.60. The second-order valence-corrected chi connectivity index (χ2v) is 4.94. The smallest absolute Gasteiger partial charge is 0.0701 e. The van der Waals surface area contributed by atoms with E-state index in [2.05, 4.69) is 13.8 Å². The first-order valence-corrected chi connectivity index (χ1v) is 7.19. The molecule has 1 aliphatic rings. The van der Waals surface area contributed by atoms with Gasteiger partial charge in [-0.3, -0.25) is 0 Å². The second kappa shape index (κ2) is 11.6. The predicted molar refractivity (Wildman–Crippen MR) is 72.4 cm³/mol. The first kappa shape index (κ1) is 16.9. The molecule has 0 saturated carbocycles. The van der Waals surface area contributed by atoms with Gasteiger partial charge in [-0.25, -0.2) is 0 Å². The molecular formula is C14H28O5. The average Bonchev–Trinajstić information content (AvgIpc) is 2.41. The zero-order valence-corrected chi connectivity index (χ0v) is 12.3. The van der Waals surface area contributed by atoms with Crippen LogP contribution in [0.5, 0.6) is 0 Å². The lowest BCUT2D eigenvalue weighted by Gasteiger charge is -2.19. The van der Waals surface area contributed by atoms with Crippen LogP contribution in [0.25, 0.3) is 0 Å². The van der Waals surface area contributed by atoms with Gasteiger partial charge >= 0.3 is 0 Å². The lowest BCUT2D eigenvalue weighted by molar-refractivity contribution is -0.00809. The highest BCUT2D eigenvalue weighted by Crippen LogP contribution is 2.11. The van der Waals surface area contributed by atoms with Crippen molar-refractivity contribution in [3.05, 3.63) is 0 Å². The molecule has 0 aromatic rings. The fourth-order valence-corrected chi connectivity index (χ4v) is 1.64. The molecule has 2 unspecified atom stereocenters. The quantitative estimate of drug-likeness (QED) is 0.668. The Morgan fingerprint density at radius 1 is 0.474 bits per heavy atom. The summed E-state index contributed by atoms with van der Waals surface area (Å²) in [7, 11) is 0. The van der Waals surface area contributed by atoms with Crippen LogP contribution in [0.4, 0.5) is 0 Å². The maximum atomic E-state index is 5.60. The zero-order chi connectivity index (χ0) is 13.8. The molecule has 0 aliphatic carbocycles. The van der Waals surface area contributed by atoms with Gasteiger partial charge in [-0.05, 0) is 11.8 Å². The average molecular weight is 276 g/mol. The van der Waals surface area contributed by atoms with Crippen molar-refractivity contribution < 1.29 is 23.7 Å². The van der Waals surface area contributed by atoms with Crippen LogP contribution in [0.2, 0.25) is 0 Å². The minimum atomic E-state index is 0.486. The number of ether oxygens (including phenoxy) is 5. The lowest BCUT2D eigenvalue weighted by atomic mass is 9.98. The molecule has 19 heavy (non-hydrogen) atoms. The van der Waals surface area contributed by atoms with Gasteiger partial charge in [-0.1, -0.05) is 13.8 Å². The summed E-state index contributed by atoms with van der Waals surface area (Å²) >= 11 is 0. The van der Waals surface area contributed by atoms with E-state index >= 15 is 0 Å². The van der Waals surface area contributed by atoms with Gasteiger partial charge in [0.1, 0.15) is 0 Å². The van der Waals surface area contributed by atoms with Gasteiger partial charge in [0.25, 0.3) is 0 Å². The Kier molecular flexibility index (Phi) is 10.3. The minimum Gasteiger partial charge on any atom is -0.379 e. The molecule has 1 heterocycles. The summed E-state index contributed by atoms with van der Waals surface area (Å²) in [6, 6.07) is 0. The molecule has 2 atom stereocenters. The normalized spacial score (nSPS) is 30.6. The molecule has 0 N–H and O–H groups in total. The first-order chi connectivity index (χ1) is 9.30. The molecule has 0 amide bonds. The van der Waals surface area contributed by atoms with E-state index in [9.17, 15) is 0 Å². The Hall–Kier alpha value is -0.200. The van der Waals surface area contributed by atoms with Crippen LogP contribution < -0.4 is 0 Å². The van der Waals surface area contributed by atoms with Gasteiger partial charge in [0, 0.05) is 13.2 Å². The Balaban J connectivity index is 2.19. The van der Waals surface area contributed by atoms with E-state index in [4.69, 9.17) is 23.7 Å². The third-order valence-corrected chi connectivity index (χ3v) is 3.22. The molecule has 1 aliphatic heterocycles. The van der Waals surface area contributed by atoms with Crippen LogP contribution in [0, 0.1) is 11.8 Å². The monoisotopic (exact) mass is 276 g/mol. The van der Waals surface area contributed by atoms with E-state index in [0.717, 1.165) is 13.2 Å². The highest BCUT2D eigenvalue weighted by molar-refractivity contribution is 4.60. The van der Waals surface area contributed by atoms with Crippen molar-refractivity contribution in [2.75, 3.05) is 66.1 Å². The van der Waals surface area contributed by atoms with E-state index in [1.807, 2.05) is 0 Å². The number of hydrogen-bond donors (Lipinski definition) is 0. The standard InChI is InChI=1S/C14H28O5/c1-13-11-18-9-7-16-5-3-15-4-6-17-8-10-19-12-14(13)2/h13-14H,3-12H2,1-2H3. The van der Waals surface area contributed by atoms with Crippen molar-refractivity contribution in [1.82, 2.24) is 0 Å². The molecule has 0 spiro atoms. The van der Waals surface area contributed by atoms with Crippen molar-refractivity contribution in [3.8, 4) is 0 Å². The lowest BCUT2D eigenvalue weighted by Crippen LogP contribution is -2.21. The Bertz CT molecular complexity index is 180. The highest BCUT2D eigenvalue weighted by atomic mass is 16.6. The minimum absolute atomic E-state index is 0.486. The maximum Gasteiger partial charge on any atom is 0.0701 e. The van der Waals surface area contributed by atoms with Crippen LogP contribution in [0.3, 0.4) is 0 Å². The molecule has 0 aromatic heterocycles. The van der Waals surface area contributed by atoms with Crippen LogP contribution in [0.15, 0.2) is 0 Å². The van der Waals surface area contributed by atoms with Gasteiger partial charge in [0.15, 0.2) is 0 Å². The highest BCUT2D eigenvalue weighted by Gasteiger charge is 2.12. The molecule has 0 bridgehead atoms. The van der Waals surface area contributed by atoms with Gasteiger partial charge in [-0.2, -0.15) is 0 Å². The van der Waals surface area contributed by atoms with Gasteiger partial charge in [-0.15, -0.1) is 0 Å². The molecular weight excluding hydrogens is 248 g/mol. The van der Waals surface area contributed by atoms with E-state index in [1.54, 1.807) is 0 Å². The zero-order valence-electron chi connectivity index (χ0n) is 12.3. The summed E-state index contributed by atoms with van der Waals surface area (Å²) in [5.74, 6) is 0.972. The molecule has 5 heteroatoms. The van der Waals surface area contributed by atoms with Crippen LogP contribution in [-0.2, 0) is 23.7 Å². The predicted octanol–water partition coefficient (Wildman–Crippen LogP) is 1.36. The van der Waals surface area contributed by atoms with Gasteiger partial charge < -0.3 is 23.7 Å². The summed E-state index contributed by atoms with van der Waals surface area (Å²) in [6.45, 7) is 10.8. The Labute approximate surface area is 116 Å². The molecule has 1 fully saturated rings. The van der Waals surface area contributed by atoms with Gasteiger partial charge in [0.2, 0.25) is 0 Å². The fourth-order valence-electron chi connectivity index (χ4n) is 1.64. The van der Waals surface area contributed by atoms with Crippen LogP contribution >= 0.6 is 0 Å². The first-order valence-electron chi connectivity index (χ1n) is 7.19. The van der Waals surface area contributed by atoms with E-state index in [1.165, 1.54) is 0 Å². The topological polar surface area (TPSA) is 46.2 Å². The molecule has 114 valence electrons. The summed E-state index contributed by atoms with van der Waals surface area (Å²) in [5.41, 5.74) is 0. The fraction of sp³-hybridized carbons (Fsp3) is 1.00. The van der Waals surface area contributed by atoms with E-state index in [-0.39, 0.29) is 0 Å². The SMILES string of the molecule is CC1COCCOCCOCCOCCOCC1C. The van der Waals surface area contributed by atoms with Crippen LogP contribution in [0.1, 0.15) is 13.8 Å². The third-order valence-electron chi connectivity index (χ3n) is 3.22. The third kappa shape index (κ3) is 9.35. The molecule has 0 radical (unpaired) electrons. The number of hydrogen-bond acceptors (Lipinski definition) is 5. The second-order valence-electron chi connectivity index (χ2n) is 4.94.